The summed E-state index contributed by atoms with van der Waals surface area (Å²) in [6, 6.07) is 14.4. The summed E-state index contributed by atoms with van der Waals surface area (Å²) in [7, 11) is 0. The van der Waals surface area contributed by atoms with Crippen molar-refractivity contribution in [3.8, 4) is 0 Å². The third-order valence-electron chi connectivity index (χ3n) is 6.30. The highest BCUT2D eigenvalue weighted by atomic mass is 35.5. The van der Waals surface area contributed by atoms with E-state index in [0.29, 0.717) is 6.54 Å². The Morgan fingerprint density at radius 3 is 2.61 bits per heavy atom. The number of nitrogens with zero attached hydrogens (tertiary/aromatic N) is 2. The van der Waals surface area contributed by atoms with Crippen LogP contribution in [0.5, 0.6) is 0 Å². The number of halogens is 1. The maximum absolute atomic E-state index is 12.2. The molecule has 0 spiro atoms. The molecule has 1 N–H and O–H groups in total. The number of carbonyl (C=O) groups excluding carboxylic acids is 1. The number of carboxylic acids is 1. The summed E-state index contributed by atoms with van der Waals surface area (Å²) < 4.78 is 0. The summed E-state index contributed by atoms with van der Waals surface area (Å²) in [5.41, 5.74) is 4.59. The van der Waals surface area contributed by atoms with Gasteiger partial charge in [-0.1, -0.05) is 29.8 Å². The fourth-order valence-electron chi connectivity index (χ4n) is 4.60. The first-order valence-electron chi connectivity index (χ1n) is 10.8. The van der Waals surface area contributed by atoms with E-state index in [1.54, 1.807) is 4.90 Å². The van der Waals surface area contributed by atoms with E-state index in [1.165, 1.54) is 36.1 Å². The van der Waals surface area contributed by atoms with Crippen molar-refractivity contribution in [2.24, 2.45) is 5.92 Å². The van der Waals surface area contributed by atoms with Crippen LogP contribution in [0.1, 0.15) is 30.4 Å². The minimum absolute atomic E-state index is 0.277. The van der Waals surface area contributed by atoms with Crippen molar-refractivity contribution >= 4 is 34.9 Å². The van der Waals surface area contributed by atoms with E-state index >= 15 is 0 Å². The second-order valence-electron chi connectivity index (χ2n) is 8.32. The molecule has 2 aliphatic heterocycles. The fraction of sp³-hybridized carbons (Fsp3) is 0.360. The van der Waals surface area contributed by atoms with Gasteiger partial charge in [0.05, 0.1) is 0 Å². The molecule has 1 saturated heterocycles. The molecule has 5 nitrogen and oxygen atoms in total. The number of benzene rings is 2. The van der Waals surface area contributed by atoms with E-state index in [2.05, 4.69) is 23.1 Å². The SMILES string of the molecule is O=C(O)C=CC(=O)N1CCc2cc(CCC3CCN(c4cccc(Cl)c4)CC3)ccc21. The molecule has 0 unspecified atom stereocenters. The van der Waals surface area contributed by atoms with Gasteiger partial charge in [0.2, 0.25) is 0 Å². The molecule has 0 atom stereocenters. The van der Waals surface area contributed by atoms with Gasteiger partial charge in [-0.05, 0) is 73.4 Å². The maximum atomic E-state index is 12.2. The summed E-state index contributed by atoms with van der Waals surface area (Å²) in [6.45, 7) is 2.73. The van der Waals surface area contributed by atoms with Gasteiger partial charge >= 0.3 is 5.97 Å². The Kier molecular flexibility index (Phi) is 6.62. The zero-order valence-electron chi connectivity index (χ0n) is 17.5. The van der Waals surface area contributed by atoms with Crippen LogP contribution in [0.3, 0.4) is 0 Å². The molecule has 0 saturated carbocycles. The summed E-state index contributed by atoms with van der Waals surface area (Å²) in [5, 5.41) is 9.51. The van der Waals surface area contributed by atoms with Crippen LogP contribution < -0.4 is 9.80 Å². The molecule has 2 aromatic carbocycles. The van der Waals surface area contributed by atoms with E-state index in [1.807, 2.05) is 24.3 Å². The molecule has 0 radical (unpaired) electrons. The molecule has 2 aliphatic rings. The number of hydrogen-bond acceptors (Lipinski definition) is 3. The van der Waals surface area contributed by atoms with E-state index in [-0.39, 0.29) is 5.91 Å². The first kappa shape index (κ1) is 21.4. The standard InChI is InChI=1S/C25H27ClN2O3/c26-21-2-1-3-22(17-21)27-13-10-18(11-14-27)4-5-19-6-7-23-20(16-19)12-15-28(23)24(29)8-9-25(30)31/h1-3,6-9,16-18H,4-5,10-15H2,(H,30,31). The van der Waals surface area contributed by atoms with Crippen LogP contribution in [0.2, 0.25) is 5.02 Å². The molecule has 0 aromatic heterocycles. The molecule has 0 bridgehead atoms. The van der Waals surface area contributed by atoms with Crippen molar-refractivity contribution in [1.82, 2.24) is 0 Å². The molecule has 2 heterocycles. The van der Waals surface area contributed by atoms with Crippen molar-refractivity contribution in [1.29, 1.82) is 0 Å². The van der Waals surface area contributed by atoms with Crippen LogP contribution >= 0.6 is 11.6 Å². The van der Waals surface area contributed by atoms with Crippen molar-refractivity contribution < 1.29 is 14.7 Å². The van der Waals surface area contributed by atoms with Crippen LogP contribution in [-0.4, -0.2) is 36.6 Å². The van der Waals surface area contributed by atoms with Crippen molar-refractivity contribution in [2.45, 2.75) is 32.1 Å². The minimum atomic E-state index is -1.11. The number of anilines is 2. The summed E-state index contributed by atoms with van der Waals surface area (Å²) >= 11 is 6.13. The van der Waals surface area contributed by atoms with E-state index in [9.17, 15) is 9.59 Å². The van der Waals surface area contributed by atoms with E-state index < -0.39 is 5.97 Å². The molecule has 0 aliphatic carbocycles. The molecule has 2 aromatic rings. The lowest BCUT2D eigenvalue weighted by Gasteiger charge is -2.33. The van der Waals surface area contributed by atoms with Gasteiger partial charge in [0.15, 0.2) is 0 Å². The van der Waals surface area contributed by atoms with Gasteiger partial charge in [0.25, 0.3) is 5.91 Å². The van der Waals surface area contributed by atoms with Crippen LogP contribution in [0, 0.1) is 5.92 Å². The zero-order chi connectivity index (χ0) is 21.8. The number of piperidine rings is 1. The number of aryl methyl sites for hydroxylation is 1. The lowest BCUT2D eigenvalue weighted by atomic mass is 9.90. The highest BCUT2D eigenvalue weighted by molar-refractivity contribution is 6.30. The summed E-state index contributed by atoms with van der Waals surface area (Å²) in [4.78, 5) is 27.0. The molecular formula is C25H27ClN2O3. The van der Waals surface area contributed by atoms with Gasteiger partial charge < -0.3 is 14.9 Å². The van der Waals surface area contributed by atoms with Crippen molar-refractivity contribution in [3.05, 3.63) is 70.8 Å². The molecule has 162 valence electrons. The molecule has 31 heavy (non-hydrogen) atoms. The van der Waals surface area contributed by atoms with Gasteiger partial charge in [-0.2, -0.15) is 0 Å². The Hall–Kier alpha value is -2.79. The summed E-state index contributed by atoms with van der Waals surface area (Å²) in [6.07, 6.45) is 7.43. The van der Waals surface area contributed by atoms with Gasteiger partial charge in [0.1, 0.15) is 0 Å². The lowest BCUT2D eigenvalue weighted by molar-refractivity contribution is -0.131. The molecule has 1 amide bonds. The Morgan fingerprint density at radius 2 is 1.87 bits per heavy atom. The Labute approximate surface area is 187 Å². The molecular weight excluding hydrogens is 412 g/mol. The predicted molar refractivity (Wildman–Crippen MR) is 124 cm³/mol. The molecule has 4 rings (SSSR count). The number of hydrogen-bond donors (Lipinski definition) is 1. The molecule has 6 heteroatoms. The second kappa shape index (κ2) is 9.56. The van der Waals surface area contributed by atoms with Gasteiger partial charge in [-0.25, -0.2) is 4.79 Å². The minimum Gasteiger partial charge on any atom is -0.478 e. The maximum Gasteiger partial charge on any atom is 0.328 e. The first-order chi connectivity index (χ1) is 15.0. The number of amides is 1. The number of aliphatic carboxylic acids is 1. The monoisotopic (exact) mass is 438 g/mol. The van der Waals surface area contributed by atoms with Gasteiger partial charge in [0, 0.05) is 48.2 Å². The normalized spacial score (nSPS) is 16.7. The van der Waals surface area contributed by atoms with Gasteiger partial charge in [-0.3, -0.25) is 4.79 Å². The predicted octanol–water partition coefficient (Wildman–Crippen LogP) is 4.72. The van der Waals surface area contributed by atoms with Crippen LogP contribution in [-0.2, 0) is 22.4 Å². The van der Waals surface area contributed by atoms with Crippen LogP contribution in [0.15, 0.2) is 54.6 Å². The van der Waals surface area contributed by atoms with Crippen LogP contribution in [0.25, 0.3) is 0 Å². The number of carboxylic acid groups (broad SMARTS) is 1. The quantitative estimate of drug-likeness (QED) is 0.663. The lowest BCUT2D eigenvalue weighted by Crippen LogP contribution is -2.33. The number of rotatable bonds is 6. The highest BCUT2D eigenvalue weighted by Crippen LogP contribution is 2.31. The van der Waals surface area contributed by atoms with E-state index in [0.717, 1.165) is 54.7 Å². The van der Waals surface area contributed by atoms with Crippen molar-refractivity contribution in [2.75, 3.05) is 29.4 Å². The number of fused-ring (bicyclic) bond motifs is 1. The van der Waals surface area contributed by atoms with Gasteiger partial charge in [-0.15, -0.1) is 0 Å². The first-order valence-corrected chi connectivity index (χ1v) is 11.2. The second-order valence-corrected chi connectivity index (χ2v) is 8.76. The largest absolute Gasteiger partial charge is 0.478 e. The topological polar surface area (TPSA) is 60.9 Å². The summed E-state index contributed by atoms with van der Waals surface area (Å²) in [5.74, 6) is -0.662. The van der Waals surface area contributed by atoms with E-state index in [4.69, 9.17) is 16.7 Å². The zero-order valence-corrected chi connectivity index (χ0v) is 18.2. The average Bonchev–Trinajstić information content (AvgIpc) is 3.20. The Balaban J connectivity index is 1.30. The smallest absolute Gasteiger partial charge is 0.328 e. The number of carbonyl (C=O) groups is 2. The third-order valence-corrected chi connectivity index (χ3v) is 6.54. The average molecular weight is 439 g/mol. The molecule has 1 fully saturated rings. The van der Waals surface area contributed by atoms with Crippen molar-refractivity contribution in [3.63, 3.8) is 0 Å². The fourth-order valence-corrected chi connectivity index (χ4v) is 4.78. The highest BCUT2D eigenvalue weighted by Gasteiger charge is 2.24. The Bertz CT molecular complexity index is 996. The Morgan fingerprint density at radius 1 is 1.06 bits per heavy atom. The van der Waals surface area contributed by atoms with Crippen LogP contribution in [0.4, 0.5) is 11.4 Å². The third kappa shape index (κ3) is 5.28.